The van der Waals surface area contributed by atoms with Crippen LogP contribution >= 0.6 is 0 Å². The van der Waals surface area contributed by atoms with Crippen LogP contribution in [0.4, 0.5) is 18.9 Å². The fourth-order valence-electron chi connectivity index (χ4n) is 3.03. The average Bonchev–Trinajstić information content (AvgIpc) is 2.84. The number of nitrogens with one attached hydrogen (secondary N) is 2. The maximum Gasteiger partial charge on any atom is 0.326 e. The van der Waals surface area contributed by atoms with Gasteiger partial charge in [-0.2, -0.15) is 8.42 Å². The number of amides is 1. The first-order valence-electron chi connectivity index (χ1n) is 8.21. The lowest BCUT2D eigenvalue weighted by atomic mass is 10.00. The van der Waals surface area contributed by atoms with Crippen LogP contribution in [0.2, 0.25) is 0 Å². The summed E-state index contributed by atoms with van der Waals surface area (Å²) < 4.78 is 70.8. The van der Waals surface area contributed by atoms with Crippen LogP contribution < -0.4 is 19.1 Å². The number of ether oxygens (including phenoxy) is 1. The summed E-state index contributed by atoms with van der Waals surface area (Å²) in [7, 11) is -4.29. The number of rotatable bonds is 6. The Morgan fingerprint density at radius 3 is 2.81 bits per heavy atom. The standard InChI is InChI=1S/C15H18F3N3O5S/c16-12(17)2-1-3-19-8-4-9-11(26-7-8)5-10(22)15(14(9)18)21-6-13(23)20-27(21,24)25/h5,8,12,19,22H,1-4,6-7H2,(H,20,23)/t8-/m0/s1. The number of halogens is 3. The van der Waals surface area contributed by atoms with E-state index in [1.165, 1.54) is 0 Å². The second kappa shape index (κ2) is 7.43. The number of phenols is 1. The van der Waals surface area contributed by atoms with E-state index in [1.54, 1.807) is 4.72 Å². The Morgan fingerprint density at radius 1 is 1.44 bits per heavy atom. The number of hydrogen-bond acceptors (Lipinski definition) is 6. The van der Waals surface area contributed by atoms with Gasteiger partial charge in [-0.15, -0.1) is 0 Å². The Hall–Kier alpha value is -2.21. The lowest BCUT2D eigenvalue weighted by molar-refractivity contribution is -0.117. The van der Waals surface area contributed by atoms with E-state index in [9.17, 15) is 31.5 Å². The summed E-state index contributed by atoms with van der Waals surface area (Å²) in [5.41, 5.74) is -0.594. The summed E-state index contributed by atoms with van der Waals surface area (Å²) >= 11 is 0. The minimum atomic E-state index is -4.29. The highest BCUT2D eigenvalue weighted by atomic mass is 32.2. The summed E-state index contributed by atoms with van der Waals surface area (Å²) in [6.45, 7) is -0.219. The van der Waals surface area contributed by atoms with Crippen molar-refractivity contribution in [3.63, 3.8) is 0 Å². The van der Waals surface area contributed by atoms with E-state index in [0.29, 0.717) is 10.8 Å². The molecular weight excluding hydrogens is 391 g/mol. The van der Waals surface area contributed by atoms with Gasteiger partial charge in [-0.25, -0.2) is 22.2 Å². The number of carbonyl (C=O) groups excluding carboxylic acids is 1. The number of benzene rings is 1. The molecule has 0 aliphatic carbocycles. The van der Waals surface area contributed by atoms with E-state index >= 15 is 0 Å². The molecule has 3 N–H and O–H groups in total. The first kappa shape index (κ1) is 19.5. The summed E-state index contributed by atoms with van der Waals surface area (Å²) in [4.78, 5) is 11.4. The van der Waals surface area contributed by atoms with Gasteiger partial charge in [0.1, 0.15) is 30.3 Å². The molecule has 12 heteroatoms. The second-order valence-corrected chi connectivity index (χ2v) is 7.87. The largest absolute Gasteiger partial charge is 0.505 e. The van der Waals surface area contributed by atoms with Crippen LogP contribution in [0.25, 0.3) is 0 Å². The third-order valence-corrected chi connectivity index (χ3v) is 5.65. The minimum Gasteiger partial charge on any atom is -0.505 e. The number of anilines is 1. The topological polar surface area (TPSA) is 108 Å². The number of carbonyl (C=O) groups is 1. The maximum absolute atomic E-state index is 15.0. The first-order chi connectivity index (χ1) is 12.7. The molecule has 0 bridgehead atoms. The van der Waals surface area contributed by atoms with Crippen LogP contribution in [-0.2, 0) is 21.4 Å². The molecule has 2 aliphatic rings. The normalized spacial score (nSPS) is 21.1. The molecule has 0 aromatic heterocycles. The SMILES string of the molecule is O=C1CN(c2c(O)cc3c(c2F)C[C@H](NCCCC(F)F)CO3)S(=O)(=O)N1. The number of alkyl halides is 2. The summed E-state index contributed by atoms with van der Waals surface area (Å²) in [6.07, 6.45) is -2.29. The Balaban J connectivity index is 1.81. The van der Waals surface area contributed by atoms with Gasteiger partial charge in [0.2, 0.25) is 6.43 Å². The van der Waals surface area contributed by atoms with E-state index < -0.39 is 46.3 Å². The number of nitrogens with zero attached hydrogens (tertiary/aromatic N) is 1. The zero-order valence-electron chi connectivity index (χ0n) is 14.0. The molecule has 27 heavy (non-hydrogen) atoms. The second-order valence-electron chi connectivity index (χ2n) is 6.27. The number of fused-ring (bicyclic) bond motifs is 1. The van der Waals surface area contributed by atoms with Gasteiger partial charge in [-0.1, -0.05) is 0 Å². The molecule has 150 valence electrons. The molecule has 3 rings (SSSR count). The zero-order chi connectivity index (χ0) is 19.8. The molecule has 1 saturated heterocycles. The molecule has 1 amide bonds. The van der Waals surface area contributed by atoms with Crippen LogP contribution in [0, 0.1) is 5.82 Å². The van der Waals surface area contributed by atoms with E-state index in [1.807, 2.05) is 0 Å². The van der Waals surface area contributed by atoms with Gasteiger partial charge in [-0.3, -0.25) is 4.79 Å². The van der Waals surface area contributed by atoms with Crippen LogP contribution in [0.3, 0.4) is 0 Å². The van der Waals surface area contributed by atoms with Crippen molar-refractivity contribution in [2.75, 3.05) is 24.0 Å². The third-order valence-electron chi connectivity index (χ3n) is 4.27. The van der Waals surface area contributed by atoms with Crippen LogP contribution in [0.15, 0.2) is 6.07 Å². The highest BCUT2D eigenvalue weighted by molar-refractivity contribution is 7.92. The fourth-order valence-corrected chi connectivity index (χ4v) is 4.20. The molecule has 1 aromatic rings. The maximum atomic E-state index is 15.0. The lowest BCUT2D eigenvalue weighted by Crippen LogP contribution is -2.40. The Morgan fingerprint density at radius 2 is 2.19 bits per heavy atom. The molecular formula is C15H18F3N3O5S. The highest BCUT2D eigenvalue weighted by Gasteiger charge is 2.39. The first-order valence-corrected chi connectivity index (χ1v) is 9.65. The van der Waals surface area contributed by atoms with E-state index in [4.69, 9.17) is 4.74 Å². The Bertz CT molecular complexity index is 850. The van der Waals surface area contributed by atoms with Crippen LogP contribution in [0.5, 0.6) is 11.5 Å². The molecule has 0 unspecified atom stereocenters. The zero-order valence-corrected chi connectivity index (χ0v) is 14.9. The van der Waals surface area contributed by atoms with Crippen LogP contribution in [-0.4, -0.2) is 51.6 Å². The van der Waals surface area contributed by atoms with Crippen LogP contribution in [0.1, 0.15) is 18.4 Å². The molecule has 1 atom stereocenters. The average molecular weight is 409 g/mol. The Labute approximate surface area is 153 Å². The smallest absolute Gasteiger partial charge is 0.326 e. The van der Waals surface area contributed by atoms with Crippen molar-refractivity contribution >= 4 is 21.8 Å². The van der Waals surface area contributed by atoms with Gasteiger partial charge in [0.15, 0.2) is 5.82 Å². The van der Waals surface area contributed by atoms with Gasteiger partial charge in [0.25, 0.3) is 5.91 Å². The van der Waals surface area contributed by atoms with Crippen molar-refractivity contribution in [3.8, 4) is 11.5 Å². The molecule has 8 nitrogen and oxygen atoms in total. The predicted octanol–water partition coefficient (Wildman–Crippen LogP) is 0.651. The summed E-state index contributed by atoms with van der Waals surface area (Å²) in [6, 6.07) is 0.732. The monoisotopic (exact) mass is 409 g/mol. The molecule has 1 fully saturated rings. The van der Waals surface area contributed by atoms with E-state index in [-0.39, 0.29) is 43.2 Å². The Kier molecular flexibility index (Phi) is 5.38. The van der Waals surface area contributed by atoms with Crippen molar-refractivity contribution < 1.29 is 36.2 Å². The molecule has 2 heterocycles. The third kappa shape index (κ3) is 4.05. The molecule has 2 aliphatic heterocycles. The van der Waals surface area contributed by atoms with Crippen molar-refractivity contribution in [2.24, 2.45) is 0 Å². The van der Waals surface area contributed by atoms with Crippen molar-refractivity contribution in [1.82, 2.24) is 10.0 Å². The minimum absolute atomic E-state index is 0.0370. The van der Waals surface area contributed by atoms with Crippen molar-refractivity contribution in [2.45, 2.75) is 31.7 Å². The van der Waals surface area contributed by atoms with Crippen molar-refractivity contribution in [3.05, 3.63) is 17.4 Å². The number of aromatic hydroxyl groups is 1. The lowest BCUT2D eigenvalue weighted by Gasteiger charge is -2.28. The van der Waals surface area contributed by atoms with E-state index in [0.717, 1.165) is 6.07 Å². The fraction of sp³-hybridized carbons (Fsp3) is 0.533. The summed E-state index contributed by atoms with van der Waals surface area (Å²) in [5.74, 6) is -2.46. The van der Waals surface area contributed by atoms with Gasteiger partial charge < -0.3 is 15.2 Å². The summed E-state index contributed by atoms with van der Waals surface area (Å²) in [5, 5.41) is 13.1. The molecule has 0 saturated carbocycles. The van der Waals surface area contributed by atoms with E-state index in [2.05, 4.69) is 5.32 Å². The predicted molar refractivity (Wildman–Crippen MR) is 88.7 cm³/mol. The van der Waals surface area contributed by atoms with Gasteiger partial charge >= 0.3 is 10.2 Å². The quantitative estimate of drug-likeness (QED) is 0.596. The van der Waals surface area contributed by atoms with Gasteiger partial charge in [-0.05, 0) is 19.4 Å². The number of hydrogen-bond donors (Lipinski definition) is 3. The molecule has 0 radical (unpaired) electrons. The van der Waals surface area contributed by atoms with Gasteiger partial charge in [0, 0.05) is 24.1 Å². The molecule has 1 aromatic carbocycles. The van der Waals surface area contributed by atoms with Crippen molar-refractivity contribution in [1.29, 1.82) is 0 Å². The van der Waals surface area contributed by atoms with Gasteiger partial charge in [0.05, 0.1) is 0 Å². The molecule has 0 spiro atoms. The highest BCUT2D eigenvalue weighted by Crippen LogP contribution is 2.41. The number of phenolic OH excluding ortho intramolecular Hbond substituents is 1.